The summed E-state index contributed by atoms with van der Waals surface area (Å²) >= 11 is 1.71. The van der Waals surface area contributed by atoms with Gasteiger partial charge in [0.1, 0.15) is 0 Å². The molecular weight excluding hydrogens is 211 g/mol. The van der Waals surface area contributed by atoms with Crippen molar-refractivity contribution in [3.63, 3.8) is 0 Å². The van der Waals surface area contributed by atoms with E-state index in [2.05, 4.69) is 13.8 Å². The van der Waals surface area contributed by atoms with Crippen LogP contribution in [0, 0.1) is 0 Å². The molecule has 1 nitrogen and oxygen atoms in total. The first-order chi connectivity index (χ1) is 6.95. The van der Waals surface area contributed by atoms with Crippen molar-refractivity contribution in [1.29, 1.82) is 0 Å². The van der Waals surface area contributed by atoms with Gasteiger partial charge in [-0.15, -0.1) is 11.8 Å². The van der Waals surface area contributed by atoms with Crippen LogP contribution < -0.4 is 0 Å². The lowest BCUT2D eigenvalue weighted by molar-refractivity contribution is -0.117. The first-order valence-electron chi connectivity index (χ1n) is 4.88. The minimum absolute atomic E-state index is 0.331. The van der Waals surface area contributed by atoms with Crippen LogP contribution in [0.3, 0.4) is 0 Å². The molecule has 0 heterocycles. The Morgan fingerprint density at radius 2 is 1.87 bits per heavy atom. The zero-order chi connectivity index (χ0) is 11.5. The molecule has 0 saturated heterocycles. The quantitative estimate of drug-likeness (QED) is 0.576. The summed E-state index contributed by atoms with van der Waals surface area (Å²) in [4.78, 5) is 11.6. The summed E-state index contributed by atoms with van der Waals surface area (Å²) in [5, 5.41) is 0.499. The largest absolute Gasteiger partial charge is 0.299 e. The molecular formula is C12H15FOS. The third kappa shape index (κ3) is 3.34. The highest BCUT2D eigenvalue weighted by atomic mass is 32.2. The van der Waals surface area contributed by atoms with Crippen LogP contribution in [0.5, 0.6) is 0 Å². The van der Waals surface area contributed by atoms with E-state index in [0.717, 1.165) is 4.90 Å². The SMILES string of the molecule is CC(C)Sc1ccc(C(C)(F)C=O)cc1. The highest BCUT2D eigenvalue weighted by molar-refractivity contribution is 7.99. The Labute approximate surface area is 94.1 Å². The van der Waals surface area contributed by atoms with Crippen molar-refractivity contribution in [1.82, 2.24) is 0 Å². The van der Waals surface area contributed by atoms with Crippen LogP contribution in [0.4, 0.5) is 4.39 Å². The predicted molar refractivity (Wildman–Crippen MR) is 62.0 cm³/mol. The molecule has 0 aliphatic heterocycles. The molecule has 1 unspecified atom stereocenters. The monoisotopic (exact) mass is 226 g/mol. The first-order valence-corrected chi connectivity index (χ1v) is 5.76. The second-order valence-electron chi connectivity index (χ2n) is 3.88. The maximum Gasteiger partial charge on any atom is 0.187 e. The average molecular weight is 226 g/mol. The van der Waals surface area contributed by atoms with Crippen LogP contribution in [-0.2, 0) is 10.5 Å². The number of hydrogen-bond acceptors (Lipinski definition) is 2. The van der Waals surface area contributed by atoms with Gasteiger partial charge >= 0.3 is 0 Å². The first kappa shape index (κ1) is 12.2. The molecule has 1 aromatic carbocycles. The zero-order valence-electron chi connectivity index (χ0n) is 9.16. The van der Waals surface area contributed by atoms with Gasteiger partial charge in [0.15, 0.2) is 12.0 Å². The van der Waals surface area contributed by atoms with Gasteiger partial charge in [-0.1, -0.05) is 26.0 Å². The summed E-state index contributed by atoms with van der Waals surface area (Å²) in [6.45, 7) is 5.47. The molecule has 1 aromatic rings. The standard InChI is InChI=1S/C12H15FOS/c1-9(2)15-11-6-4-10(5-7-11)12(3,13)8-14/h4-9H,1-3H3. The van der Waals surface area contributed by atoms with Gasteiger partial charge in [0.2, 0.25) is 0 Å². The molecule has 0 saturated carbocycles. The van der Waals surface area contributed by atoms with Gasteiger partial charge in [0.25, 0.3) is 0 Å². The fraction of sp³-hybridized carbons (Fsp3) is 0.417. The molecule has 82 valence electrons. The Bertz CT molecular complexity index is 330. The van der Waals surface area contributed by atoms with Gasteiger partial charge in [-0.05, 0) is 24.6 Å². The lowest BCUT2D eigenvalue weighted by Gasteiger charge is -2.13. The molecule has 0 N–H and O–H groups in total. The molecule has 0 aromatic heterocycles. The number of benzene rings is 1. The number of hydrogen-bond donors (Lipinski definition) is 0. The zero-order valence-corrected chi connectivity index (χ0v) is 9.98. The van der Waals surface area contributed by atoms with E-state index in [1.165, 1.54) is 6.92 Å². The molecule has 0 bridgehead atoms. The number of rotatable bonds is 4. The van der Waals surface area contributed by atoms with Crippen molar-refractivity contribution in [2.75, 3.05) is 0 Å². The van der Waals surface area contributed by atoms with Crippen LogP contribution in [0.1, 0.15) is 26.3 Å². The summed E-state index contributed by atoms with van der Waals surface area (Å²) in [7, 11) is 0. The number of carbonyl (C=O) groups is 1. The van der Waals surface area contributed by atoms with Crippen LogP contribution in [0.15, 0.2) is 29.2 Å². The fourth-order valence-electron chi connectivity index (χ4n) is 1.20. The van der Waals surface area contributed by atoms with E-state index in [0.29, 0.717) is 17.1 Å². The van der Waals surface area contributed by atoms with Gasteiger partial charge in [0.05, 0.1) is 0 Å². The van der Waals surface area contributed by atoms with Crippen LogP contribution in [-0.4, -0.2) is 11.5 Å². The van der Waals surface area contributed by atoms with Crippen molar-refractivity contribution in [2.45, 2.75) is 36.6 Å². The lowest BCUT2D eigenvalue weighted by Crippen LogP contribution is -2.16. The molecule has 3 heteroatoms. The molecule has 0 spiro atoms. The van der Waals surface area contributed by atoms with Crippen molar-refractivity contribution in [3.05, 3.63) is 29.8 Å². The Balaban J connectivity index is 2.85. The molecule has 15 heavy (non-hydrogen) atoms. The van der Waals surface area contributed by atoms with Crippen LogP contribution >= 0.6 is 11.8 Å². The van der Waals surface area contributed by atoms with E-state index in [-0.39, 0.29) is 0 Å². The summed E-state index contributed by atoms with van der Waals surface area (Å²) in [6.07, 6.45) is 0.331. The third-order valence-electron chi connectivity index (χ3n) is 2.01. The molecule has 1 rings (SSSR count). The highest BCUT2D eigenvalue weighted by Gasteiger charge is 2.24. The van der Waals surface area contributed by atoms with Gasteiger partial charge in [-0.2, -0.15) is 0 Å². The summed E-state index contributed by atoms with van der Waals surface area (Å²) in [5.74, 6) is 0. The van der Waals surface area contributed by atoms with Crippen LogP contribution in [0.2, 0.25) is 0 Å². The van der Waals surface area contributed by atoms with E-state index in [4.69, 9.17) is 0 Å². The smallest absolute Gasteiger partial charge is 0.187 e. The lowest BCUT2D eigenvalue weighted by atomic mass is 10.0. The third-order valence-corrected chi connectivity index (χ3v) is 3.03. The summed E-state index contributed by atoms with van der Waals surface area (Å²) in [5.41, 5.74) is -1.47. The predicted octanol–water partition coefficient (Wildman–Crippen LogP) is 3.57. The normalized spacial score (nSPS) is 15.0. The number of thioether (sulfide) groups is 1. The number of halogens is 1. The molecule has 0 aliphatic rings. The van der Waals surface area contributed by atoms with Gasteiger partial charge in [0, 0.05) is 10.1 Å². The van der Waals surface area contributed by atoms with Gasteiger partial charge in [-0.3, -0.25) is 4.79 Å². The minimum atomic E-state index is -1.87. The fourth-order valence-corrected chi connectivity index (χ4v) is 2.04. The van der Waals surface area contributed by atoms with Gasteiger partial charge in [-0.25, -0.2) is 4.39 Å². The summed E-state index contributed by atoms with van der Waals surface area (Å²) < 4.78 is 13.6. The molecule has 0 radical (unpaired) electrons. The maximum absolute atomic E-state index is 13.6. The summed E-state index contributed by atoms with van der Waals surface area (Å²) in [6, 6.07) is 7.03. The second kappa shape index (κ2) is 4.79. The molecule has 0 fully saturated rings. The van der Waals surface area contributed by atoms with Crippen LogP contribution in [0.25, 0.3) is 0 Å². The number of carbonyl (C=O) groups excluding carboxylic acids is 1. The van der Waals surface area contributed by atoms with Crippen molar-refractivity contribution in [3.8, 4) is 0 Å². The van der Waals surface area contributed by atoms with E-state index < -0.39 is 5.67 Å². The number of alkyl halides is 1. The molecule has 0 aliphatic carbocycles. The number of aldehydes is 1. The maximum atomic E-state index is 13.6. The Morgan fingerprint density at radius 1 is 1.33 bits per heavy atom. The van der Waals surface area contributed by atoms with E-state index >= 15 is 0 Å². The second-order valence-corrected chi connectivity index (χ2v) is 5.53. The molecule has 1 atom stereocenters. The highest BCUT2D eigenvalue weighted by Crippen LogP contribution is 2.27. The average Bonchev–Trinajstić information content (AvgIpc) is 2.18. The van der Waals surface area contributed by atoms with E-state index in [1.54, 1.807) is 23.9 Å². The Kier molecular flexibility index (Phi) is 3.91. The Morgan fingerprint density at radius 3 is 2.27 bits per heavy atom. The van der Waals surface area contributed by atoms with Crippen molar-refractivity contribution in [2.24, 2.45) is 0 Å². The topological polar surface area (TPSA) is 17.1 Å². The molecule has 0 amide bonds. The Hall–Kier alpha value is -0.830. The van der Waals surface area contributed by atoms with E-state index in [9.17, 15) is 9.18 Å². The van der Waals surface area contributed by atoms with Gasteiger partial charge < -0.3 is 0 Å². The van der Waals surface area contributed by atoms with Crippen molar-refractivity contribution < 1.29 is 9.18 Å². The van der Waals surface area contributed by atoms with E-state index in [1.807, 2.05) is 12.1 Å². The minimum Gasteiger partial charge on any atom is -0.299 e. The van der Waals surface area contributed by atoms with Crippen molar-refractivity contribution >= 4 is 18.0 Å².